The Morgan fingerprint density at radius 2 is 2.03 bits per heavy atom. The van der Waals surface area contributed by atoms with Crippen molar-refractivity contribution in [3.63, 3.8) is 0 Å². The fraction of sp³-hybridized carbons (Fsp3) is 0.500. The second-order valence-electron chi connectivity index (χ2n) is 8.59. The van der Waals surface area contributed by atoms with Crippen LogP contribution in [0.2, 0.25) is 0 Å². The number of thioether (sulfide) groups is 1. The van der Waals surface area contributed by atoms with Crippen LogP contribution in [0.3, 0.4) is 0 Å². The van der Waals surface area contributed by atoms with Gasteiger partial charge in [0.1, 0.15) is 15.8 Å². The molecule has 0 radical (unpaired) electrons. The number of morpholine rings is 1. The third-order valence-electron chi connectivity index (χ3n) is 5.81. The number of rotatable bonds is 7. The third kappa shape index (κ3) is 5.05. The number of hydrogen-bond acceptors (Lipinski definition) is 8. The number of carbonyl (C=O) groups is 1. The zero-order valence-corrected chi connectivity index (χ0v) is 21.6. The molecule has 0 unspecified atom stereocenters. The summed E-state index contributed by atoms with van der Waals surface area (Å²) in [5, 5.41) is 0. The molecule has 0 N–H and O–H groups in total. The Labute approximate surface area is 208 Å². The fourth-order valence-corrected chi connectivity index (χ4v) is 5.60. The SMILES string of the molecule is CCOCCCN1C(=O)/C(=C/c2c(N3C[C@H](C)O[C@@H](C)C3)nc3c(C)cccn3c2=O)SC1=S. The number of aromatic nitrogens is 2. The molecule has 4 heterocycles. The zero-order valence-electron chi connectivity index (χ0n) is 19.9. The minimum Gasteiger partial charge on any atom is -0.382 e. The van der Waals surface area contributed by atoms with Gasteiger partial charge in [-0.15, -0.1) is 0 Å². The van der Waals surface area contributed by atoms with E-state index in [9.17, 15) is 9.59 Å². The third-order valence-corrected chi connectivity index (χ3v) is 7.18. The molecule has 8 nitrogen and oxygen atoms in total. The average Bonchev–Trinajstić information content (AvgIpc) is 3.05. The van der Waals surface area contributed by atoms with Crippen LogP contribution in [0.15, 0.2) is 28.0 Å². The number of ether oxygens (including phenoxy) is 2. The number of pyridine rings is 1. The van der Waals surface area contributed by atoms with Crippen molar-refractivity contribution in [2.24, 2.45) is 0 Å². The van der Waals surface area contributed by atoms with Gasteiger partial charge in [0.25, 0.3) is 11.5 Å². The average molecular weight is 503 g/mol. The fourth-order valence-electron chi connectivity index (χ4n) is 4.31. The molecule has 0 aliphatic carbocycles. The zero-order chi connectivity index (χ0) is 24.4. The first-order chi connectivity index (χ1) is 16.3. The molecular weight excluding hydrogens is 472 g/mol. The second kappa shape index (κ2) is 10.6. The summed E-state index contributed by atoms with van der Waals surface area (Å²) in [7, 11) is 0. The van der Waals surface area contributed by atoms with Crippen molar-refractivity contribution in [3.05, 3.63) is 44.7 Å². The molecule has 34 heavy (non-hydrogen) atoms. The number of aryl methyl sites for hydroxylation is 1. The van der Waals surface area contributed by atoms with Gasteiger partial charge >= 0.3 is 0 Å². The first kappa shape index (κ1) is 24.8. The smallest absolute Gasteiger partial charge is 0.267 e. The summed E-state index contributed by atoms with van der Waals surface area (Å²) >= 11 is 6.69. The van der Waals surface area contributed by atoms with Crippen molar-refractivity contribution < 1.29 is 14.3 Å². The van der Waals surface area contributed by atoms with Crippen molar-refractivity contribution in [3.8, 4) is 0 Å². The number of anilines is 1. The van der Waals surface area contributed by atoms with E-state index in [1.165, 1.54) is 11.8 Å². The van der Waals surface area contributed by atoms with Crippen molar-refractivity contribution in [2.45, 2.75) is 46.3 Å². The van der Waals surface area contributed by atoms with Crippen molar-refractivity contribution in [1.29, 1.82) is 0 Å². The number of amides is 1. The predicted molar refractivity (Wildman–Crippen MR) is 139 cm³/mol. The largest absolute Gasteiger partial charge is 0.382 e. The molecule has 2 aromatic rings. The monoisotopic (exact) mass is 502 g/mol. The highest BCUT2D eigenvalue weighted by atomic mass is 32.2. The van der Waals surface area contributed by atoms with Crippen LogP contribution in [0, 0.1) is 6.92 Å². The Morgan fingerprint density at radius 3 is 2.74 bits per heavy atom. The molecule has 2 fully saturated rings. The summed E-state index contributed by atoms with van der Waals surface area (Å²) in [5.74, 6) is 0.387. The van der Waals surface area contributed by atoms with Crippen molar-refractivity contribution in [1.82, 2.24) is 14.3 Å². The summed E-state index contributed by atoms with van der Waals surface area (Å²) in [5.41, 5.74) is 1.69. The lowest BCUT2D eigenvalue weighted by Crippen LogP contribution is -2.46. The standard InChI is InChI=1S/C24H30N4O4S2/c1-5-31-11-7-10-28-23(30)19(34-24(28)33)12-18-21(26-13-16(3)32-17(4)14-26)25-20-15(2)8-6-9-27(20)22(18)29/h6,8-9,12,16-17H,5,7,10-11,13-14H2,1-4H3/b19-12-/t16-,17-/m0/s1. The van der Waals surface area contributed by atoms with Gasteiger partial charge < -0.3 is 14.4 Å². The molecule has 2 atom stereocenters. The number of carbonyl (C=O) groups excluding carboxylic acids is 1. The van der Waals surface area contributed by atoms with Crippen LogP contribution in [-0.4, -0.2) is 69.6 Å². The normalized spacial score (nSPS) is 22.4. The summed E-state index contributed by atoms with van der Waals surface area (Å²) < 4.78 is 13.3. The quantitative estimate of drug-likeness (QED) is 0.325. The Hall–Kier alpha value is -2.27. The summed E-state index contributed by atoms with van der Waals surface area (Å²) in [4.78, 5) is 35.8. The van der Waals surface area contributed by atoms with Crippen LogP contribution < -0.4 is 10.5 Å². The highest BCUT2D eigenvalue weighted by molar-refractivity contribution is 8.26. The van der Waals surface area contributed by atoms with E-state index in [1.807, 2.05) is 39.8 Å². The maximum Gasteiger partial charge on any atom is 0.267 e. The Morgan fingerprint density at radius 1 is 1.29 bits per heavy atom. The number of fused-ring (bicyclic) bond motifs is 1. The van der Waals surface area contributed by atoms with E-state index in [0.717, 1.165) is 5.56 Å². The van der Waals surface area contributed by atoms with E-state index in [2.05, 4.69) is 4.90 Å². The molecule has 0 aromatic carbocycles. The molecule has 10 heteroatoms. The van der Waals surface area contributed by atoms with E-state index in [-0.39, 0.29) is 23.7 Å². The highest BCUT2D eigenvalue weighted by Crippen LogP contribution is 2.34. The van der Waals surface area contributed by atoms with Gasteiger partial charge in [0, 0.05) is 39.0 Å². The summed E-state index contributed by atoms with van der Waals surface area (Å²) in [6.45, 7) is 10.8. The number of hydrogen-bond donors (Lipinski definition) is 0. The lowest BCUT2D eigenvalue weighted by molar-refractivity contribution is -0.122. The van der Waals surface area contributed by atoms with E-state index in [4.69, 9.17) is 26.7 Å². The van der Waals surface area contributed by atoms with Crippen LogP contribution in [0.1, 0.15) is 38.3 Å². The molecule has 182 valence electrons. The topological polar surface area (TPSA) is 76.4 Å². The minimum atomic E-state index is -0.211. The first-order valence-electron chi connectivity index (χ1n) is 11.6. The molecule has 2 aliphatic rings. The van der Waals surface area contributed by atoms with Crippen LogP contribution in [0.4, 0.5) is 5.82 Å². The summed E-state index contributed by atoms with van der Waals surface area (Å²) in [6, 6.07) is 3.76. The van der Waals surface area contributed by atoms with Gasteiger partial charge in [0.05, 0.1) is 22.7 Å². The Kier molecular flexibility index (Phi) is 7.71. The number of thiocarbonyl (C=S) groups is 1. The molecule has 2 saturated heterocycles. The minimum absolute atomic E-state index is 0.00253. The lowest BCUT2D eigenvalue weighted by atomic mass is 10.1. The van der Waals surface area contributed by atoms with Gasteiger partial charge in [-0.2, -0.15) is 0 Å². The van der Waals surface area contributed by atoms with E-state index < -0.39 is 0 Å². The van der Waals surface area contributed by atoms with Gasteiger partial charge in [-0.3, -0.25) is 18.9 Å². The van der Waals surface area contributed by atoms with Gasteiger partial charge in [-0.25, -0.2) is 4.98 Å². The van der Waals surface area contributed by atoms with Crippen molar-refractivity contribution >= 4 is 51.7 Å². The van der Waals surface area contributed by atoms with E-state index in [1.54, 1.807) is 21.6 Å². The Balaban J connectivity index is 1.76. The molecule has 2 aliphatic heterocycles. The molecular formula is C24H30N4O4S2. The molecule has 0 saturated carbocycles. The lowest BCUT2D eigenvalue weighted by Gasteiger charge is -2.36. The Bertz CT molecular complexity index is 1190. The van der Waals surface area contributed by atoms with Crippen LogP contribution in [-0.2, 0) is 14.3 Å². The molecule has 0 spiro atoms. The maximum absolute atomic E-state index is 13.6. The highest BCUT2D eigenvalue weighted by Gasteiger charge is 2.33. The van der Waals surface area contributed by atoms with E-state index in [0.29, 0.717) is 65.5 Å². The number of nitrogens with zero attached hydrogens (tertiary/aromatic N) is 4. The van der Waals surface area contributed by atoms with Gasteiger partial charge in [0.2, 0.25) is 0 Å². The molecule has 2 aromatic heterocycles. The van der Waals surface area contributed by atoms with Gasteiger partial charge in [-0.05, 0) is 51.8 Å². The maximum atomic E-state index is 13.6. The molecule has 1 amide bonds. The second-order valence-corrected chi connectivity index (χ2v) is 10.3. The van der Waals surface area contributed by atoms with Crippen LogP contribution in [0.5, 0.6) is 0 Å². The summed E-state index contributed by atoms with van der Waals surface area (Å²) in [6.07, 6.45) is 4.06. The van der Waals surface area contributed by atoms with Crippen LogP contribution >= 0.6 is 24.0 Å². The first-order valence-corrected chi connectivity index (χ1v) is 12.8. The molecule has 0 bridgehead atoms. The van der Waals surface area contributed by atoms with Crippen molar-refractivity contribution in [2.75, 3.05) is 37.7 Å². The van der Waals surface area contributed by atoms with Crippen LogP contribution in [0.25, 0.3) is 11.7 Å². The van der Waals surface area contributed by atoms with Gasteiger partial charge in [0.15, 0.2) is 0 Å². The van der Waals surface area contributed by atoms with Gasteiger partial charge in [-0.1, -0.05) is 30.0 Å². The predicted octanol–water partition coefficient (Wildman–Crippen LogP) is 3.24. The van der Waals surface area contributed by atoms with E-state index >= 15 is 0 Å². The molecule has 4 rings (SSSR count).